The smallest absolute Gasteiger partial charge is 0.0543 e. The minimum Gasteiger partial charge on any atom is -0.296 e. The molecular weight excluding hydrogens is 252 g/mol. The monoisotopic (exact) mass is 268 g/mol. The molecule has 2 heterocycles. The van der Waals surface area contributed by atoms with Crippen LogP contribution >= 0.6 is 15.9 Å². The minimum atomic E-state index is 0.659. The molecule has 0 aliphatic carbocycles. The van der Waals surface area contributed by atoms with Crippen molar-refractivity contribution in [2.45, 2.75) is 24.7 Å². The van der Waals surface area contributed by atoms with Crippen molar-refractivity contribution in [3.63, 3.8) is 0 Å². The second-order valence-electron chi connectivity index (χ2n) is 4.20. The lowest BCUT2D eigenvalue weighted by Gasteiger charge is -2.14. The zero-order chi connectivity index (χ0) is 10.7. The fourth-order valence-electron chi connectivity index (χ4n) is 2.15. The molecule has 1 aromatic rings. The Bertz CT molecular complexity index is 302. The Labute approximate surface area is 99.8 Å². The van der Waals surface area contributed by atoms with Crippen LogP contribution in [-0.2, 0) is 6.54 Å². The van der Waals surface area contributed by atoms with Crippen LogP contribution in [0.4, 0.5) is 0 Å². The molecule has 2 rings (SSSR count). The average Bonchev–Trinajstić information content (AvgIpc) is 2.60. The first kappa shape index (κ1) is 11.1. The summed E-state index contributed by atoms with van der Waals surface area (Å²) in [4.78, 5) is 7.50. The molecule has 1 aliphatic heterocycles. The molecule has 2 atom stereocenters. The minimum absolute atomic E-state index is 0.659. The molecule has 2 nitrogen and oxygen atoms in total. The fraction of sp³-hybridized carbons (Fsp3) is 0.583. The van der Waals surface area contributed by atoms with Crippen molar-refractivity contribution in [1.82, 2.24) is 9.88 Å². The maximum atomic E-state index is 4.36. The van der Waals surface area contributed by atoms with E-state index >= 15 is 0 Å². The van der Waals surface area contributed by atoms with Crippen LogP contribution in [0.5, 0.6) is 0 Å². The van der Waals surface area contributed by atoms with Gasteiger partial charge in [-0.15, -0.1) is 0 Å². The predicted molar refractivity (Wildman–Crippen MR) is 66.0 cm³/mol. The van der Waals surface area contributed by atoms with E-state index in [2.05, 4.69) is 44.9 Å². The van der Waals surface area contributed by atoms with Gasteiger partial charge >= 0.3 is 0 Å². The van der Waals surface area contributed by atoms with Crippen LogP contribution in [-0.4, -0.2) is 27.8 Å². The molecule has 0 N–H and O–H groups in total. The Kier molecular flexibility index (Phi) is 3.76. The normalized spacial score (nSPS) is 27.1. The van der Waals surface area contributed by atoms with E-state index < -0.39 is 0 Å². The lowest BCUT2D eigenvalue weighted by atomic mass is 10.1. The summed E-state index contributed by atoms with van der Waals surface area (Å²) in [6.45, 7) is 5.60. The third-order valence-electron chi connectivity index (χ3n) is 3.07. The molecule has 3 heteroatoms. The molecule has 82 valence electrons. The predicted octanol–water partition coefficient (Wildman–Crippen LogP) is 2.69. The Balaban J connectivity index is 1.92. The first-order valence-corrected chi connectivity index (χ1v) is 6.47. The molecule has 0 bridgehead atoms. The van der Waals surface area contributed by atoms with E-state index in [1.165, 1.54) is 18.7 Å². The van der Waals surface area contributed by atoms with Crippen LogP contribution in [0.15, 0.2) is 24.4 Å². The number of nitrogens with zero attached hydrogens (tertiary/aromatic N) is 2. The van der Waals surface area contributed by atoms with Gasteiger partial charge < -0.3 is 0 Å². The van der Waals surface area contributed by atoms with Crippen LogP contribution in [0.25, 0.3) is 0 Å². The number of halogens is 1. The van der Waals surface area contributed by atoms with Crippen molar-refractivity contribution >= 4 is 15.9 Å². The number of pyridine rings is 1. The van der Waals surface area contributed by atoms with Gasteiger partial charge in [0, 0.05) is 30.7 Å². The van der Waals surface area contributed by atoms with Crippen LogP contribution in [0.1, 0.15) is 19.0 Å². The van der Waals surface area contributed by atoms with Crippen molar-refractivity contribution < 1.29 is 0 Å². The highest BCUT2D eigenvalue weighted by Crippen LogP contribution is 2.26. The average molecular weight is 269 g/mol. The van der Waals surface area contributed by atoms with Crippen LogP contribution < -0.4 is 0 Å². The van der Waals surface area contributed by atoms with Gasteiger partial charge in [0.25, 0.3) is 0 Å². The van der Waals surface area contributed by atoms with E-state index in [1.54, 1.807) is 0 Å². The fourth-order valence-corrected chi connectivity index (χ4v) is 3.10. The van der Waals surface area contributed by atoms with E-state index in [0.717, 1.165) is 19.0 Å². The first-order chi connectivity index (χ1) is 7.29. The number of aromatic nitrogens is 1. The van der Waals surface area contributed by atoms with Crippen molar-refractivity contribution in [2.24, 2.45) is 5.92 Å². The Morgan fingerprint density at radius 2 is 2.33 bits per heavy atom. The molecule has 1 aliphatic rings. The number of alkyl halides is 1. The quantitative estimate of drug-likeness (QED) is 0.784. The van der Waals surface area contributed by atoms with Crippen LogP contribution in [0.3, 0.4) is 0 Å². The third-order valence-corrected chi connectivity index (χ3v) is 4.11. The molecule has 15 heavy (non-hydrogen) atoms. The number of likely N-dealkylation sites (tertiary alicyclic amines) is 1. The molecule has 0 saturated carbocycles. The largest absolute Gasteiger partial charge is 0.296 e. The van der Waals surface area contributed by atoms with Gasteiger partial charge in [0.2, 0.25) is 0 Å². The summed E-state index contributed by atoms with van der Waals surface area (Å²) in [5, 5.41) is 0. The summed E-state index contributed by atoms with van der Waals surface area (Å²) in [6.07, 6.45) is 3.13. The maximum Gasteiger partial charge on any atom is 0.0543 e. The summed E-state index contributed by atoms with van der Waals surface area (Å²) in [5.74, 6) is 0.800. The summed E-state index contributed by atoms with van der Waals surface area (Å²) in [7, 11) is 0. The molecule has 2 unspecified atom stereocenters. The van der Waals surface area contributed by atoms with E-state index in [4.69, 9.17) is 0 Å². The second-order valence-corrected chi connectivity index (χ2v) is 5.38. The zero-order valence-corrected chi connectivity index (χ0v) is 10.7. The van der Waals surface area contributed by atoms with Gasteiger partial charge in [-0.3, -0.25) is 9.88 Å². The zero-order valence-electron chi connectivity index (χ0n) is 9.06. The number of rotatable bonds is 3. The molecule has 0 amide bonds. The molecule has 0 aromatic carbocycles. The van der Waals surface area contributed by atoms with Gasteiger partial charge in [0.1, 0.15) is 0 Å². The topological polar surface area (TPSA) is 16.1 Å². The molecule has 1 saturated heterocycles. The number of hydrogen-bond acceptors (Lipinski definition) is 2. The number of hydrogen-bond donors (Lipinski definition) is 0. The van der Waals surface area contributed by atoms with Gasteiger partial charge in [-0.1, -0.05) is 35.3 Å². The summed E-state index contributed by atoms with van der Waals surface area (Å²) in [5.41, 5.74) is 1.17. The molecular formula is C12H17BrN2. The molecule has 1 fully saturated rings. The third kappa shape index (κ3) is 2.79. The van der Waals surface area contributed by atoms with Gasteiger partial charge in [0.15, 0.2) is 0 Å². The summed E-state index contributed by atoms with van der Waals surface area (Å²) < 4.78 is 0. The Morgan fingerprint density at radius 3 is 2.93 bits per heavy atom. The first-order valence-electron chi connectivity index (χ1n) is 5.56. The standard InChI is InChI=1S/C12H17BrN2/c1-2-10-7-15(9-12(10)13)8-11-5-3-4-6-14-11/h3-6,10,12H,2,7-9H2,1H3. The van der Waals surface area contributed by atoms with E-state index in [1.807, 2.05) is 12.3 Å². The SMILES string of the molecule is CCC1CN(Cc2ccccn2)CC1Br. The van der Waals surface area contributed by atoms with Crippen molar-refractivity contribution in [1.29, 1.82) is 0 Å². The van der Waals surface area contributed by atoms with E-state index in [9.17, 15) is 0 Å². The lowest BCUT2D eigenvalue weighted by Crippen LogP contribution is -2.20. The summed E-state index contributed by atoms with van der Waals surface area (Å²) in [6, 6.07) is 6.12. The van der Waals surface area contributed by atoms with E-state index in [0.29, 0.717) is 4.83 Å². The lowest BCUT2D eigenvalue weighted by molar-refractivity contribution is 0.311. The van der Waals surface area contributed by atoms with Crippen molar-refractivity contribution in [2.75, 3.05) is 13.1 Å². The van der Waals surface area contributed by atoms with Crippen LogP contribution in [0.2, 0.25) is 0 Å². The molecule has 1 aromatic heterocycles. The van der Waals surface area contributed by atoms with Crippen LogP contribution in [0, 0.1) is 5.92 Å². The second kappa shape index (κ2) is 5.08. The van der Waals surface area contributed by atoms with Crippen molar-refractivity contribution in [3.8, 4) is 0 Å². The molecule has 0 spiro atoms. The van der Waals surface area contributed by atoms with Gasteiger partial charge in [-0.25, -0.2) is 0 Å². The van der Waals surface area contributed by atoms with Gasteiger partial charge in [0.05, 0.1) is 5.69 Å². The van der Waals surface area contributed by atoms with Gasteiger partial charge in [-0.05, 0) is 18.1 Å². The summed E-state index contributed by atoms with van der Waals surface area (Å²) >= 11 is 3.76. The maximum absolute atomic E-state index is 4.36. The highest BCUT2D eigenvalue weighted by molar-refractivity contribution is 9.09. The van der Waals surface area contributed by atoms with Gasteiger partial charge in [-0.2, -0.15) is 0 Å². The Hall–Kier alpha value is -0.410. The molecule has 0 radical (unpaired) electrons. The highest BCUT2D eigenvalue weighted by Gasteiger charge is 2.29. The van der Waals surface area contributed by atoms with Crippen molar-refractivity contribution in [3.05, 3.63) is 30.1 Å². The Morgan fingerprint density at radius 1 is 1.47 bits per heavy atom. The highest BCUT2D eigenvalue weighted by atomic mass is 79.9. The van der Waals surface area contributed by atoms with E-state index in [-0.39, 0.29) is 0 Å².